The highest BCUT2D eigenvalue weighted by molar-refractivity contribution is 7.92. The van der Waals surface area contributed by atoms with Gasteiger partial charge in [-0.25, -0.2) is 8.42 Å². The van der Waals surface area contributed by atoms with E-state index >= 15 is 0 Å². The lowest BCUT2D eigenvalue weighted by atomic mass is 10.1. The van der Waals surface area contributed by atoms with Crippen molar-refractivity contribution < 1.29 is 8.42 Å². The lowest BCUT2D eigenvalue weighted by Gasteiger charge is -2.39. The number of hydrogen-bond acceptors (Lipinski definition) is 5. The van der Waals surface area contributed by atoms with E-state index in [0.717, 1.165) is 37.4 Å². The molecule has 4 rings (SSSR count). The number of nitrogens with one attached hydrogen (secondary N) is 1. The molecule has 3 fully saturated rings. The second kappa shape index (κ2) is 6.74. The van der Waals surface area contributed by atoms with Crippen molar-refractivity contribution in [2.75, 3.05) is 44.2 Å². The minimum absolute atomic E-state index is 0.320. The highest BCUT2D eigenvalue weighted by Gasteiger charge is 2.33. The van der Waals surface area contributed by atoms with Gasteiger partial charge in [-0.05, 0) is 56.1 Å². The zero-order valence-corrected chi connectivity index (χ0v) is 15.5. The van der Waals surface area contributed by atoms with Crippen molar-refractivity contribution >= 4 is 21.6 Å². The van der Waals surface area contributed by atoms with Crippen molar-refractivity contribution in [3.63, 3.8) is 0 Å². The molecule has 3 aliphatic heterocycles. The van der Waals surface area contributed by atoms with Crippen LogP contribution in [0.1, 0.15) is 24.8 Å². The van der Waals surface area contributed by atoms with Gasteiger partial charge < -0.3 is 10.2 Å². The van der Waals surface area contributed by atoms with Crippen molar-refractivity contribution in [2.24, 2.45) is 0 Å². The standard InChI is InChI=1S/C19H27N3O2S/c1-2-15-12-16(22-11-10-21-9-3-4-17(21)14-22)5-6-19(15)25(23,24)18-7-8-20-13-18/h2,5-6,12,17-18,20H,1,3-4,7-11,13-14H2/t17-,18-/m0/s1. The number of rotatable bonds is 4. The van der Waals surface area contributed by atoms with Gasteiger partial charge in [0.25, 0.3) is 0 Å². The predicted octanol–water partition coefficient (Wildman–Crippen LogP) is 1.75. The summed E-state index contributed by atoms with van der Waals surface area (Å²) in [6.07, 6.45) is 4.93. The van der Waals surface area contributed by atoms with Crippen LogP contribution >= 0.6 is 0 Å². The molecule has 6 heteroatoms. The average Bonchev–Trinajstić information content (AvgIpc) is 3.32. The van der Waals surface area contributed by atoms with Gasteiger partial charge in [0, 0.05) is 37.9 Å². The highest BCUT2D eigenvalue weighted by Crippen LogP contribution is 2.30. The molecule has 0 spiro atoms. The molecule has 1 N–H and O–H groups in total. The summed E-state index contributed by atoms with van der Waals surface area (Å²) in [7, 11) is -3.30. The first-order chi connectivity index (χ1) is 12.1. The summed E-state index contributed by atoms with van der Waals surface area (Å²) in [5.74, 6) is 0. The number of piperazine rings is 1. The van der Waals surface area contributed by atoms with E-state index in [9.17, 15) is 8.42 Å². The molecule has 0 amide bonds. The van der Waals surface area contributed by atoms with Gasteiger partial charge in [-0.1, -0.05) is 12.7 Å². The van der Waals surface area contributed by atoms with Crippen LogP contribution in [0.3, 0.4) is 0 Å². The summed E-state index contributed by atoms with van der Waals surface area (Å²) < 4.78 is 25.9. The summed E-state index contributed by atoms with van der Waals surface area (Å²) in [6, 6.07) is 6.43. The molecule has 1 aromatic rings. The third kappa shape index (κ3) is 3.11. The molecular weight excluding hydrogens is 334 g/mol. The summed E-state index contributed by atoms with van der Waals surface area (Å²) in [4.78, 5) is 5.41. The van der Waals surface area contributed by atoms with Crippen LogP contribution in [0.4, 0.5) is 5.69 Å². The molecule has 136 valence electrons. The maximum atomic E-state index is 12.9. The van der Waals surface area contributed by atoms with E-state index in [2.05, 4.69) is 21.7 Å². The van der Waals surface area contributed by atoms with E-state index in [1.54, 1.807) is 12.1 Å². The first kappa shape index (κ1) is 17.1. The summed E-state index contributed by atoms with van der Waals surface area (Å²) in [6.45, 7) is 9.55. The van der Waals surface area contributed by atoms with Crippen LogP contribution in [0.5, 0.6) is 0 Å². The van der Waals surface area contributed by atoms with Crippen molar-refractivity contribution in [3.05, 3.63) is 30.3 Å². The minimum atomic E-state index is -3.30. The van der Waals surface area contributed by atoms with E-state index in [4.69, 9.17) is 0 Å². The van der Waals surface area contributed by atoms with Gasteiger partial charge in [-0.2, -0.15) is 0 Å². The van der Waals surface area contributed by atoms with Crippen LogP contribution in [-0.2, 0) is 9.84 Å². The van der Waals surface area contributed by atoms with Gasteiger partial charge >= 0.3 is 0 Å². The highest BCUT2D eigenvalue weighted by atomic mass is 32.2. The Morgan fingerprint density at radius 2 is 2.08 bits per heavy atom. The van der Waals surface area contributed by atoms with Crippen LogP contribution in [0.25, 0.3) is 6.08 Å². The molecule has 0 bridgehead atoms. The van der Waals surface area contributed by atoms with E-state index in [1.165, 1.54) is 19.4 Å². The van der Waals surface area contributed by atoms with Gasteiger partial charge in [0.2, 0.25) is 0 Å². The molecule has 0 aromatic heterocycles. The molecule has 25 heavy (non-hydrogen) atoms. The van der Waals surface area contributed by atoms with Crippen LogP contribution in [-0.4, -0.2) is 63.9 Å². The van der Waals surface area contributed by atoms with Crippen molar-refractivity contribution in [2.45, 2.75) is 35.4 Å². The number of nitrogens with zero attached hydrogens (tertiary/aromatic N) is 2. The molecule has 0 unspecified atom stereocenters. The smallest absolute Gasteiger partial charge is 0.183 e. The monoisotopic (exact) mass is 361 g/mol. The SMILES string of the molecule is C=Cc1cc(N2CCN3CCC[C@H]3C2)ccc1S(=O)(=O)[C@H]1CCNC1. The van der Waals surface area contributed by atoms with Gasteiger partial charge in [0.15, 0.2) is 9.84 Å². The molecule has 0 aliphatic carbocycles. The van der Waals surface area contributed by atoms with E-state index in [0.29, 0.717) is 23.9 Å². The number of fused-ring (bicyclic) bond motifs is 1. The fourth-order valence-electron chi connectivity index (χ4n) is 4.45. The molecule has 1 aromatic carbocycles. The second-order valence-corrected chi connectivity index (χ2v) is 9.56. The van der Waals surface area contributed by atoms with Gasteiger partial charge in [0.1, 0.15) is 0 Å². The van der Waals surface area contributed by atoms with Gasteiger partial charge in [-0.3, -0.25) is 4.90 Å². The Kier molecular flexibility index (Phi) is 4.60. The number of benzene rings is 1. The summed E-state index contributed by atoms with van der Waals surface area (Å²) in [5, 5.41) is 2.83. The Morgan fingerprint density at radius 1 is 1.20 bits per heavy atom. The Hall–Kier alpha value is -1.37. The van der Waals surface area contributed by atoms with Crippen LogP contribution in [0.15, 0.2) is 29.7 Å². The quantitative estimate of drug-likeness (QED) is 0.885. The first-order valence-electron chi connectivity index (χ1n) is 9.29. The molecule has 0 radical (unpaired) electrons. The van der Waals surface area contributed by atoms with E-state index in [1.807, 2.05) is 12.1 Å². The minimum Gasteiger partial charge on any atom is -0.369 e. The Bertz CT molecular complexity index is 756. The maximum absolute atomic E-state index is 12.9. The van der Waals surface area contributed by atoms with Crippen molar-refractivity contribution in [3.8, 4) is 0 Å². The number of hydrogen-bond donors (Lipinski definition) is 1. The molecule has 3 saturated heterocycles. The molecule has 5 nitrogen and oxygen atoms in total. The third-order valence-corrected chi connectivity index (χ3v) is 8.19. The molecule has 0 saturated carbocycles. The van der Waals surface area contributed by atoms with Crippen molar-refractivity contribution in [1.82, 2.24) is 10.2 Å². The lowest BCUT2D eigenvalue weighted by Crippen LogP contribution is -2.50. The number of anilines is 1. The third-order valence-electron chi connectivity index (χ3n) is 5.93. The lowest BCUT2D eigenvalue weighted by molar-refractivity contribution is 0.231. The molecule has 2 atom stereocenters. The van der Waals surface area contributed by atoms with E-state index < -0.39 is 9.84 Å². The van der Waals surface area contributed by atoms with Crippen LogP contribution in [0, 0.1) is 0 Å². The Labute approximate surface area is 150 Å². The Morgan fingerprint density at radius 3 is 2.84 bits per heavy atom. The zero-order valence-electron chi connectivity index (χ0n) is 14.7. The summed E-state index contributed by atoms with van der Waals surface area (Å²) >= 11 is 0. The summed E-state index contributed by atoms with van der Waals surface area (Å²) in [5.41, 5.74) is 1.85. The average molecular weight is 362 g/mol. The topological polar surface area (TPSA) is 52.7 Å². The normalized spacial score (nSPS) is 27.4. The zero-order chi connectivity index (χ0) is 17.4. The van der Waals surface area contributed by atoms with Gasteiger partial charge in [0.05, 0.1) is 10.1 Å². The fourth-order valence-corrected chi connectivity index (χ4v) is 6.30. The number of sulfone groups is 1. The molecule has 3 heterocycles. The first-order valence-corrected chi connectivity index (χ1v) is 10.8. The van der Waals surface area contributed by atoms with Crippen LogP contribution < -0.4 is 10.2 Å². The largest absolute Gasteiger partial charge is 0.369 e. The van der Waals surface area contributed by atoms with Gasteiger partial charge in [-0.15, -0.1) is 0 Å². The maximum Gasteiger partial charge on any atom is 0.183 e. The fraction of sp³-hybridized carbons (Fsp3) is 0.579. The second-order valence-electron chi connectivity index (χ2n) is 7.36. The van der Waals surface area contributed by atoms with Crippen LogP contribution in [0.2, 0.25) is 0 Å². The van der Waals surface area contributed by atoms with Crippen molar-refractivity contribution in [1.29, 1.82) is 0 Å². The Balaban J connectivity index is 1.60. The molecule has 3 aliphatic rings. The predicted molar refractivity (Wildman–Crippen MR) is 102 cm³/mol. The van der Waals surface area contributed by atoms with E-state index in [-0.39, 0.29) is 5.25 Å². The molecular formula is C19H27N3O2S.